The molecule has 0 bridgehead atoms. The molecule has 1 aromatic heterocycles. The number of aryl methyl sites for hydroxylation is 1. The molecule has 0 fully saturated rings. The van der Waals surface area contributed by atoms with E-state index in [-0.39, 0.29) is 38.3 Å². The largest absolute Gasteiger partial charge is 0.506 e. The Morgan fingerprint density at radius 3 is 2.66 bits per heavy atom. The summed E-state index contributed by atoms with van der Waals surface area (Å²) in [6.07, 6.45) is -3.14. The predicted molar refractivity (Wildman–Crippen MR) is 113 cm³/mol. The first kappa shape index (κ1) is 22.3. The van der Waals surface area contributed by atoms with Crippen LogP contribution in [0.15, 0.2) is 36.5 Å². The van der Waals surface area contributed by atoms with Crippen molar-refractivity contribution < 1.29 is 27.8 Å². The van der Waals surface area contributed by atoms with E-state index in [0.29, 0.717) is 5.82 Å². The molecule has 0 radical (unpaired) electrons. The topological polar surface area (TPSA) is 78.3 Å². The van der Waals surface area contributed by atoms with Crippen molar-refractivity contribution in [3.05, 3.63) is 64.3 Å². The number of halogens is 5. The number of phenols is 1. The number of hydrogen-bond acceptors (Lipinski definition) is 5. The van der Waals surface area contributed by atoms with Crippen molar-refractivity contribution in [3.8, 4) is 5.75 Å². The molecule has 1 aliphatic rings. The molecule has 168 valence electrons. The lowest BCUT2D eigenvalue weighted by atomic mass is 9.72. The number of fused-ring (bicyclic) bond motifs is 2. The molecule has 1 heterocycles. The minimum absolute atomic E-state index is 0.0306. The quantitative estimate of drug-likeness (QED) is 0.422. The number of allylic oxidation sites excluding steroid dienone is 1. The molecule has 0 aliphatic heterocycles. The van der Waals surface area contributed by atoms with Gasteiger partial charge >= 0.3 is 6.18 Å². The first-order valence-electron chi connectivity index (χ1n) is 9.61. The standard InChI is InChI=1S/C22H18ClF4N3O2/c1-3-11-8-21(32,22(25,26)27)20(13-4-5-15(23)19(31)18(11)13)30-17-7-12(24)6-16-14(17)9-28-10(2)29-16/h3-7,9,20,30-32H,8H2,1-2H3/b11-3-/t20-,21-/m1/s1. The molecule has 0 spiro atoms. The maximum Gasteiger partial charge on any atom is 0.419 e. The average molecular weight is 468 g/mol. The van der Waals surface area contributed by atoms with Gasteiger partial charge in [-0.05, 0) is 37.1 Å². The number of aromatic hydroxyl groups is 1. The monoisotopic (exact) mass is 467 g/mol. The zero-order valence-electron chi connectivity index (χ0n) is 16.9. The number of phenolic OH excluding ortho intramolecular Hbond substituents is 1. The molecule has 2 atom stereocenters. The number of aliphatic hydroxyl groups is 1. The Hall–Kier alpha value is -2.91. The van der Waals surface area contributed by atoms with E-state index in [4.69, 9.17) is 11.6 Å². The third-order valence-electron chi connectivity index (χ3n) is 5.66. The summed E-state index contributed by atoms with van der Waals surface area (Å²) in [5.74, 6) is -0.754. The fraction of sp³-hybridized carbons (Fsp3) is 0.273. The van der Waals surface area contributed by atoms with E-state index >= 15 is 0 Å². The van der Waals surface area contributed by atoms with Gasteiger partial charge in [0, 0.05) is 35.3 Å². The van der Waals surface area contributed by atoms with Crippen LogP contribution in [0, 0.1) is 12.7 Å². The Balaban J connectivity index is 1.97. The molecule has 1 aliphatic carbocycles. The van der Waals surface area contributed by atoms with Crippen molar-refractivity contribution in [2.75, 3.05) is 5.32 Å². The zero-order valence-corrected chi connectivity index (χ0v) is 17.7. The molecule has 5 nitrogen and oxygen atoms in total. The second-order valence-electron chi connectivity index (χ2n) is 7.65. The first-order valence-corrected chi connectivity index (χ1v) is 9.99. The van der Waals surface area contributed by atoms with Gasteiger partial charge in [-0.15, -0.1) is 0 Å². The number of nitrogens with one attached hydrogen (secondary N) is 1. The number of benzene rings is 2. The lowest BCUT2D eigenvalue weighted by molar-refractivity contribution is -0.265. The highest BCUT2D eigenvalue weighted by molar-refractivity contribution is 6.32. The summed E-state index contributed by atoms with van der Waals surface area (Å²) in [7, 11) is 0. The maximum atomic E-state index is 14.3. The Morgan fingerprint density at radius 1 is 1.28 bits per heavy atom. The van der Waals surface area contributed by atoms with E-state index in [1.807, 2.05) is 0 Å². The van der Waals surface area contributed by atoms with E-state index in [0.717, 1.165) is 12.1 Å². The smallest absolute Gasteiger partial charge is 0.419 e. The molecule has 0 saturated carbocycles. The van der Waals surface area contributed by atoms with Gasteiger partial charge in [0.25, 0.3) is 0 Å². The molecular formula is C22H18ClF4N3O2. The molecule has 3 N–H and O–H groups in total. The van der Waals surface area contributed by atoms with E-state index in [1.54, 1.807) is 6.92 Å². The Labute approximate surface area is 185 Å². The summed E-state index contributed by atoms with van der Waals surface area (Å²) in [4.78, 5) is 8.17. The third-order valence-corrected chi connectivity index (χ3v) is 5.96. The summed E-state index contributed by atoms with van der Waals surface area (Å²) >= 11 is 6.00. The highest BCUT2D eigenvalue weighted by atomic mass is 35.5. The predicted octanol–water partition coefficient (Wildman–Crippen LogP) is 5.69. The van der Waals surface area contributed by atoms with Crippen molar-refractivity contribution in [2.45, 2.75) is 38.1 Å². The van der Waals surface area contributed by atoms with Gasteiger partial charge in [-0.3, -0.25) is 0 Å². The maximum absolute atomic E-state index is 14.3. The Bertz CT molecular complexity index is 1260. The van der Waals surface area contributed by atoms with Gasteiger partial charge in [0.2, 0.25) is 0 Å². The minimum Gasteiger partial charge on any atom is -0.506 e. The van der Waals surface area contributed by atoms with Gasteiger partial charge < -0.3 is 15.5 Å². The number of alkyl halides is 3. The fourth-order valence-corrected chi connectivity index (χ4v) is 4.23. The van der Waals surface area contributed by atoms with Crippen molar-refractivity contribution >= 4 is 33.8 Å². The van der Waals surface area contributed by atoms with Crippen LogP contribution in [0.4, 0.5) is 23.2 Å². The van der Waals surface area contributed by atoms with Crippen LogP contribution < -0.4 is 5.32 Å². The number of hydrogen-bond donors (Lipinski definition) is 3. The highest BCUT2D eigenvalue weighted by Gasteiger charge is 2.61. The molecule has 32 heavy (non-hydrogen) atoms. The number of anilines is 1. The lowest BCUT2D eigenvalue weighted by Crippen LogP contribution is -2.54. The van der Waals surface area contributed by atoms with E-state index < -0.39 is 35.8 Å². The van der Waals surface area contributed by atoms with Gasteiger partial charge in [0.05, 0.1) is 16.6 Å². The van der Waals surface area contributed by atoms with E-state index in [1.165, 1.54) is 31.3 Å². The lowest BCUT2D eigenvalue weighted by Gasteiger charge is -2.44. The van der Waals surface area contributed by atoms with Crippen LogP contribution in [0.5, 0.6) is 5.75 Å². The van der Waals surface area contributed by atoms with E-state index in [9.17, 15) is 27.8 Å². The van der Waals surface area contributed by atoms with Gasteiger partial charge in [-0.2, -0.15) is 13.2 Å². The van der Waals surface area contributed by atoms with Crippen LogP contribution >= 0.6 is 11.6 Å². The number of rotatable bonds is 2. The molecule has 0 amide bonds. The Kier molecular flexibility index (Phi) is 5.29. The molecule has 10 heteroatoms. The van der Waals surface area contributed by atoms with Gasteiger partial charge in [0.1, 0.15) is 17.4 Å². The molecule has 2 aromatic carbocycles. The summed E-state index contributed by atoms with van der Waals surface area (Å²) in [5, 5.41) is 24.4. The first-order chi connectivity index (χ1) is 15.0. The van der Waals surface area contributed by atoms with Crippen LogP contribution in [-0.4, -0.2) is 32.0 Å². The van der Waals surface area contributed by atoms with Crippen molar-refractivity contribution in [2.24, 2.45) is 0 Å². The summed E-state index contributed by atoms with van der Waals surface area (Å²) in [6.45, 7) is 3.10. The summed E-state index contributed by atoms with van der Waals surface area (Å²) in [6, 6.07) is 2.92. The van der Waals surface area contributed by atoms with E-state index in [2.05, 4.69) is 15.3 Å². The van der Waals surface area contributed by atoms with Crippen molar-refractivity contribution in [1.29, 1.82) is 0 Å². The minimum atomic E-state index is -5.05. The second-order valence-corrected chi connectivity index (χ2v) is 8.06. The SMILES string of the molecule is C/C=C1/C[C@](O)(C(F)(F)F)[C@H](Nc2cc(F)cc3nc(C)ncc23)c2ccc(Cl)c(O)c21. The molecule has 3 aromatic rings. The van der Waals surface area contributed by atoms with Gasteiger partial charge in [-0.25, -0.2) is 14.4 Å². The molecule has 0 unspecified atom stereocenters. The zero-order chi connectivity index (χ0) is 23.4. The molecular weight excluding hydrogens is 450 g/mol. The van der Waals surface area contributed by atoms with Crippen LogP contribution in [-0.2, 0) is 0 Å². The van der Waals surface area contributed by atoms with Crippen molar-refractivity contribution in [1.82, 2.24) is 9.97 Å². The summed E-state index contributed by atoms with van der Waals surface area (Å²) < 4.78 is 56.9. The average Bonchev–Trinajstić information content (AvgIpc) is 2.70. The number of nitrogens with zero attached hydrogens (tertiary/aromatic N) is 2. The molecule has 4 rings (SSSR count). The molecule has 0 saturated heterocycles. The number of aromatic nitrogens is 2. The third kappa shape index (κ3) is 3.45. The normalized spacial score (nSPS) is 22.2. The van der Waals surface area contributed by atoms with Crippen LogP contribution in [0.1, 0.15) is 36.3 Å². The van der Waals surface area contributed by atoms with Crippen LogP contribution in [0.3, 0.4) is 0 Å². The fourth-order valence-electron chi connectivity index (χ4n) is 4.07. The van der Waals surface area contributed by atoms with Crippen LogP contribution in [0.2, 0.25) is 5.02 Å². The summed E-state index contributed by atoms with van der Waals surface area (Å²) in [5.41, 5.74) is -2.94. The highest BCUT2D eigenvalue weighted by Crippen LogP contribution is 2.55. The van der Waals surface area contributed by atoms with Gasteiger partial charge in [0.15, 0.2) is 5.60 Å². The second kappa shape index (κ2) is 7.60. The Morgan fingerprint density at radius 2 is 2.00 bits per heavy atom. The van der Waals surface area contributed by atoms with Gasteiger partial charge in [-0.1, -0.05) is 23.7 Å². The van der Waals surface area contributed by atoms with Crippen molar-refractivity contribution in [3.63, 3.8) is 0 Å². The van der Waals surface area contributed by atoms with Crippen LogP contribution in [0.25, 0.3) is 16.5 Å².